The highest BCUT2D eigenvalue weighted by molar-refractivity contribution is 9.10. The third-order valence-corrected chi connectivity index (χ3v) is 7.53. The summed E-state index contributed by atoms with van der Waals surface area (Å²) in [5.41, 5.74) is 9.28. The number of hydrogen-bond acceptors (Lipinski definition) is 5. The van der Waals surface area contributed by atoms with Crippen molar-refractivity contribution in [2.45, 2.75) is 38.3 Å². The number of hydrogen-bond donors (Lipinski definition) is 1. The number of carbonyl (C=O) groups is 1. The van der Waals surface area contributed by atoms with Crippen LogP contribution in [0.15, 0.2) is 40.2 Å². The van der Waals surface area contributed by atoms with Gasteiger partial charge in [-0.05, 0) is 78.4 Å². The highest BCUT2D eigenvalue weighted by Gasteiger charge is 2.31. The molecule has 4 rings (SSSR count). The molecule has 2 heterocycles. The van der Waals surface area contributed by atoms with Crippen LogP contribution in [0.5, 0.6) is 11.5 Å². The lowest BCUT2D eigenvalue weighted by atomic mass is 9.91. The Bertz CT molecular complexity index is 1130. The first-order valence-corrected chi connectivity index (χ1v) is 12.0. The van der Waals surface area contributed by atoms with E-state index in [-0.39, 0.29) is 11.4 Å². The summed E-state index contributed by atoms with van der Waals surface area (Å²) in [6.07, 6.45) is 2.53. The summed E-state index contributed by atoms with van der Waals surface area (Å²) >= 11 is 5.34. The lowest BCUT2D eigenvalue weighted by Crippen LogP contribution is -2.40. The first kappa shape index (κ1) is 22.1. The van der Waals surface area contributed by atoms with Crippen molar-refractivity contribution in [3.8, 4) is 11.5 Å². The molecule has 1 amide bonds. The number of thiophene rings is 1. The molecule has 0 saturated carbocycles. The van der Waals surface area contributed by atoms with Crippen molar-refractivity contribution in [3.63, 3.8) is 0 Å². The van der Waals surface area contributed by atoms with Crippen LogP contribution in [0.25, 0.3) is 10.1 Å². The number of halogens is 1. The average molecular weight is 503 g/mol. The lowest BCUT2D eigenvalue weighted by Gasteiger charge is -2.27. The Kier molecular flexibility index (Phi) is 6.28. The van der Waals surface area contributed by atoms with Crippen LogP contribution in [0.4, 0.5) is 0 Å². The number of benzene rings is 2. The van der Waals surface area contributed by atoms with Gasteiger partial charge >= 0.3 is 0 Å². The third-order valence-electron chi connectivity index (χ3n) is 6.02. The van der Waals surface area contributed by atoms with Gasteiger partial charge < -0.3 is 20.1 Å². The smallest absolute Gasteiger partial charge is 0.254 e. The molecule has 0 aliphatic carbocycles. The van der Waals surface area contributed by atoms with Gasteiger partial charge in [0.1, 0.15) is 0 Å². The quantitative estimate of drug-likeness (QED) is 0.449. The summed E-state index contributed by atoms with van der Waals surface area (Å²) in [4.78, 5) is 14.8. The lowest BCUT2D eigenvalue weighted by molar-refractivity contribution is 0.0766. The van der Waals surface area contributed by atoms with E-state index in [2.05, 4.69) is 46.4 Å². The molecular weight excluding hydrogens is 476 g/mol. The van der Waals surface area contributed by atoms with E-state index in [1.54, 1.807) is 31.6 Å². The van der Waals surface area contributed by atoms with Gasteiger partial charge in [-0.1, -0.05) is 15.9 Å². The Hall–Kier alpha value is -2.09. The first-order valence-electron chi connectivity index (χ1n) is 10.3. The van der Waals surface area contributed by atoms with E-state index in [1.807, 2.05) is 11.0 Å². The Morgan fingerprint density at radius 1 is 1.16 bits per heavy atom. The second-order valence-corrected chi connectivity index (χ2v) is 10.2. The number of nitrogens with zero attached hydrogens (tertiary/aromatic N) is 1. The van der Waals surface area contributed by atoms with E-state index in [1.165, 1.54) is 15.6 Å². The number of ether oxygens (including phenoxy) is 2. The Labute approximate surface area is 195 Å². The molecule has 31 heavy (non-hydrogen) atoms. The molecule has 3 aromatic rings. The molecule has 1 aliphatic rings. The maximum Gasteiger partial charge on any atom is 0.254 e. The van der Waals surface area contributed by atoms with Crippen LogP contribution in [0.2, 0.25) is 0 Å². The number of fused-ring (bicyclic) bond motifs is 2. The fourth-order valence-electron chi connectivity index (χ4n) is 4.06. The van der Waals surface area contributed by atoms with Crippen molar-refractivity contribution in [3.05, 3.63) is 56.9 Å². The van der Waals surface area contributed by atoms with Crippen molar-refractivity contribution >= 4 is 43.3 Å². The second kappa shape index (κ2) is 8.81. The number of rotatable bonds is 8. The molecule has 7 heteroatoms. The van der Waals surface area contributed by atoms with E-state index < -0.39 is 0 Å². The average Bonchev–Trinajstić information content (AvgIpc) is 3.30. The molecule has 0 spiro atoms. The summed E-state index contributed by atoms with van der Waals surface area (Å²) in [5, 5.41) is 3.53. The van der Waals surface area contributed by atoms with Crippen molar-refractivity contribution in [1.82, 2.24) is 4.90 Å². The minimum absolute atomic E-state index is 0.0282. The number of methoxy groups -OCH3 is 2. The fourth-order valence-corrected chi connectivity index (χ4v) is 5.40. The standard InChI is InChI=1S/C24H27BrN2O3S/c1-24(26,7-6-15-14-31-22-5-4-17(25)11-18(15)22)8-9-27-13-16-10-20(29-2)21(30-3)12-19(16)23(27)28/h4-5,10-12,14H,6-9,13,26H2,1-3H3. The van der Waals surface area contributed by atoms with E-state index in [9.17, 15) is 4.79 Å². The van der Waals surface area contributed by atoms with Gasteiger partial charge in [0.25, 0.3) is 5.91 Å². The van der Waals surface area contributed by atoms with E-state index in [0.29, 0.717) is 30.2 Å². The molecule has 2 N–H and O–H groups in total. The number of carbonyl (C=O) groups excluding carboxylic acids is 1. The van der Waals surface area contributed by atoms with Gasteiger partial charge in [-0.15, -0.1) is 11.3 Å². The molecular formula is C24H27BrN2O3S. The molecule has 0 saturated heterocycles. The van der Waals surface area contributed by atoms with Crippen LogP contribution in [-0.2, 0) is 13.0 Å². The maximum absolute atomic E-state index is 12.9. The summed E-state index contributed by atoms with van der Waals surface area (Å²) in [5.74, 6) is 1.25. The molecule has 2 aromatic carbocycles. The molecule has 1 unspecified atom stereocenters. The summed E-state index contributed by atoms with van der Waals surface area (Å²) < 4.78 is 13.1. The molecule has 1 atom stereocenters. The van der Waals surface area contributed by atoms with E-state index in [4.69, 9.17) is 15.2 Å². The number of aryl methyl sites for hydroxylation is 1. The molecule has 0 radical (unpaired) electrons. The van der Waals surface area contributed by atoms with Crippen LogP contribution < -0.4 is 15.2 Å². The first-order chi connectivity index (χ1) is 14.8. The van der Waals surface area contributed by atoms with Gasteiger partial charge in [0.15, 0.2) is 11.5 Å². The van der Waals surface area contributed by atoms with Crippen molar-refractivity contribution in [2.24, 2.45) is 5.73 Å². The maximum atomic E-state index is 12.9. The highest BCUT2D eigenvalue weighted by atomic mass is 79.9. The molecule has 0 bridgehead atoms. The van der Waals surface area contributed by atoms with Gasteiger partial charge in [-0.3, -0.25) is 4.79 Å². The number of nitrogens with two attached hydrogens (primary N) is 1. The predicted molar refractivity (Wildman–Crippen MR) is 129 cm³/mol. The highest BCUT2D eigenvalue weighted by Crippen LogP contribution is 2.35. The Balaban J connectivity index is 1.39. The largest absolute Gasteiger partial charge is 0.493 e. The molecule has 5 nitrogen and oxygen atoms in total. The molecule has 1 aromatic heterocycles. The SMILES string of the molecule is COc1cc2c(cc1OC)C(=O)N(CCC(C)(N)CCc1csc3ccc(Br)cc13)C2. The Morgan fingerprint density at radius 2 is 1.90 bits per heavy atom. The monoisotopic (exact) mass is 502 g/mol. The zero-order chi connectivity index (χ0) is 22.2. The van der Waals surface area contributed by atoms with E-state index >= 15 is 0 Å². The number of amides is 1. The van der Waals surface area contributed by atoms with Crippen molar-refractivity contribution < 1.29 is 14.3 Å². The predicted octanol–water partition coefficient (Wildman–Crippen LogP) is 5.38. The van der Waals surface area contributed by atoms with Gasteiger partial charge in [0.2, 0.25) is 0 Å². The van der Waals surface area contributed by atoms with Crippen LogP contribution in [0.3, 0.4) is 0 Å². The zero-order valence-electron chi connectivity index (χ0n) is 18.0. The molecule has 0 fully saturated rings. The fraction of sp³-hybridized carbons (Fsp3) is 0.375. The normalized spacial score (nSPS) is 15.3. The van der Waals surface area contributed by atoms with Gasteiger partial charge in [-0.25, -0.2) is 0 Å². The van der Waals surface area contributed by atoms with Gasteiger partial charge in [-0.2, -0.15) is 0 Å². The topological polar surface area (TPSA) is 64.8 Å². The van der Waals surface area contributed by atoms with Crippen molar-refractivity contribution in [2.75, 3.05) is 20.8 Å². The van der Waals surface area contributed by atoms with Crippen LogP contribution >= 0.6 is 27.3 Å². The van der Waals surface area contributed by atoms with Gasteiger partial charge in [0, 0.05) is 33.4 Å². The minimum atomic E-state index is -0.356. The van der Waals surface area contributed by atoms with Crippen LogP contribution in [-0.4, -0.2) is 37.1 Å². The van der Waals surface area contributed by atoms with Crippen LogP contribution in [0, 0.1) is 0 Å². The molecule has 164 valence electrons. The van der Waals surface area contributed by atoms with Crippen molar-refractivity contribution in [1.29, 1.82) is 0 Å². The van der Waals surface area contributed by atoms with Crippen LogP contribution in [0.1, 0.15) is 41.3 Å². The summed E-state index contributed by atoms with van der Waals surface area (Å²) in [6, 6.07) is 10.1. The zero-order valence-corrected chi connectivity index (χ0v) is 20.4. The van der Waals surface area contributed by atoms with Gasteiger partial charge in [0.05, 0.1) is 14.2 Å². The Morgan fingerprint density at radius 3 is 2.65 bits per heavy atom. The molecule has 1 aliphatic heterocycles. The summed E-state index contributed by atoms with van der Waals surface area (Å²) in [6.45, 7) is 3.28. The van der Waals surface area contributed by atoms with E-state index in [0.717, 1.165) is 29.3 Å². The summed E-state index contributed by atoms with van der Waals surface area (Å²) in [7, 11) is 3.19. The minimum Gasteiger partial charge on any atom is -0.493 e. The second-order valence-electron chi connectivity index (χ2n) is 8.40. The third kappa shape index (κ3) is 4.59.